The first-order valence-corrected chi connectivity index (χ1v) is 9.25. The van der Waals surface area contributed by atoms with Crippen LogP contribution in [0.25, 0.3) is 10.9 Å². The maximum Gasteiger partial charge on any atom is 0.341 e. The number of nitrogens with one attached hydrogen (secondary N) is 1. The lowest BCUT2D eigenvalue weighted by Crippen LogP contribution is -2.23. The van der Waals surface area contributed by atoms with Gasteiger partial charge in [0.2, 0.25) is 11.7 Å². The summed E-state index contributed by atoms with van der Waals surface area (Å²) < 4.78 is 21.3. The minimum atomic E-state index is -1.05. The van der Waals surface area contributed by atoms with E-state index in [2.05, 4.69) is 9.97 Å². The Morgan fingerprint density at radius 1 is 1.13 bits per heavy atom. The van der Waals surface area contributed by atoms with E-state index < -0.39 is 12.6 Å². The summed E-state index contributed by atoms with van der Waals surface area (Å²) in [6, 6.07) is 8.65. The van der Waals surface area contributed by atoms with E-state index in [9.17, 15) is 9.59 Å². The number of anilines is 1. The second kappa shape index (κ2) is 9.24. The molecule has 10 nitrogen and oxygen atoms in total. The molecule has 0 fully saturated rings. The van der Waals surface area contributed by atoms with Gasteiger partial charge in [-0.05, 0) is 17.7 Å². The van der Waals surface area contributed by atoms with Gasteiger partial charge < -0.3 is 29.0 Å². The average molecular weight is 429 g/mol. The summed E-state index contributed by atoms with van der Waals surface area (Å²) in [5.41, 5.74) is 0.847. The SMILES string of the molecule is COc1cc2nc(N(C)Cc3cccc(OCC(=O)O)c3)[nH]c(=O)c2c(OC)c1OC. The Balaban J connectivity index is 1.95. The Morgan fingerprint density at radius 2 is 1.87 bits per heavy atom. The van der Waals surface area contributed by atoms with Crippen LogP contribution in [-0.4, -0.2) is 56.0 Å². The van der Waals surface area contributed by atoms with Crippen molar-refractivity contribution in [2.45, 2.75) is 6.54 Å². The Hall–Kier alpha value is -3.95. The number of carboxylic acids is 1. The molecule has 0 unspecified atom stereocenters. The molecule has 0 saturated heterocycles. The molecule has 0 bridgehead atoms. The van der Waals surface area contributed by atoms with E-state index in [1.165, 1.54) is 21.3 Å². The minimum absolute atomic E-state index is 0.239. The fourth-order valence-electron chi connectivity index (χ4n) is 3.17. The summed E-state index contributed by atoms with van der Waals surface area (Å²) in [6.45, 7) is -0.0326. The van der Waals surface area contributed by atoms with Gasteiger partial charge in [-0.2, -0.15) is 0 Å². The number of aliphatic carboxylic acids is 1. The molecule has 3 aromatic rings. The van der Waals surface area contributed by atoms with E-state index in [0.717, 1.165) is 5.56 Å². The maximum atomic E-state index is 12.8. The highest BCUT2D eigenvalue weighted by molar-refractivity contribution is 5.90. The van der Waals surface area contributed by atoms with Crippen LogP contribution < -0.4 is 29.4 Å². The number of aromatic nitrogens is 2. The van der Waals surface area contributed by atoms with Crippen LogP contribution in [0.4, 0.5) is 5.95 Å². The molecule has 31 heavy (non-hydrogen) atoms. The number of aromatic amines is 1. The van der Waals surface area contributed by atoms with Gasteiger partial charge in [0.05, 0.1) is 26.8 Å². The molecule has 0 aliphatic rings. The number of ether oxygens (including phenoxy) is 4. The number of fused-ring (bicyclic) bond motifs is 1. The Morgan fingerprint density at radius 3 is 2.52 bits per heavy atom. The Bertz CT molecular complexity index is 1160. The maximum absolute atomic E-state index is 12.8. The van der Waals surface area contributed by atoms with Gasteiger partial charge >= 0.3 is 5.97 Å². The van der Waals surface area contributed by atoms with E-state index in [1.54, 1.807) is 36.2 Å². The van der Waals surface area contributed by atoms with Crippen molar-refractivity contribution >= 4 is 22.8 Å². The molecule has 0 atom stereocenters. The normalized spacial score (nSPS) is 10.6. The van der Waals surface area contributed by atoms with Gasteiger partial charge in [0.1, 0.15) is 11.1 Å². The van der Waals surface area contributed by atoms with Crippen LogP contribution >= 0.6 is 0 Å². The van der Waals surface area contributed by atoms with Gasteiger partial charge in [-0.25, -0.2) is 9.78 Å². The summed E-state index contributed by atoms with van der Waals surface area (Å²) in [4.78, 5) is 32.6. The van der Waals surface area contributed by atoms with Crippen LogP contribution in [0, 0.1) is 0 Å². The van der Waals surface area contributed by atoms with Gasteiger partial charge in [-0.15, -0.1) is 0 Å². The van der Waals surface area contributed by atoms with Crippen molar-refractivity contribution in [2.75, 3.05) is 39.9 Å². The average Bonchev–Trinajstić information content (AvgIpc) is 2.76. The van der Waals surface area contributed by atoms with Crippen LogP contribution in [0.1, 0.15) is 5.56 Å². The lowest BCUT2D eigenvalue weighted by atomic mass is 10.2. The molecule has 0 spiro atoms. The first-order valence-electron chi connectivity index (χ1n) is 9.25. The molecule has 164 valence electrons. The number of nitrogens with zero attached hydrogens (tertiary/aromatic N) is 2. The number of H-pyrrole nitrogens is 1. The predicted molar refractivity (Wildman–Crippen MR) is 114 cm³/mol. The van der Waals surface area contributed by atoms with Crippen molar-refractivity contribution in [2.24, 2.45) is 0 Å². The van der Waals surface area contributed by atoms with Crippen molar-refractivity contribution in [3.05, 3.63) is 46.2 Å². The molecule has 1 heterocycles. The second-order valence-electron chi connectivity index (χ2n) is 6.61. The van der Waals surface area contributed by atoms with Crippen LogP contribution in [0.5, 0.6) is 23.0 Å². The zero-order valence-corrected chi connectivity index (χ0v) is 17.6. The number of benzene rings is 2. The topological polar surface area (TPSA) is 123 Å². The van der Waals surface area contributed by atoms with E-state index in [1.807, 2.05) is 6.07 Å². The van der Waals surface area contributed by atoms with Crippen molar-refractivity contribution in [1.29, 1.82) is 0 Å². The molecule has 2 N–H and O–H groups in total. The van der Waals surface area contributed by atoms with Crippen LogP contribution in [-0.2, 0) is 11.3 Å². The molecule has 0 aliphatic heterocycles. The van der Waals surface area contributed by atoms with Gasteiger partial charge in [0.15, 0.2) is 18.1 Å². The first-order chi connectivity index (χ1) is 14.9. The number of methoxy groups -OCH3 is 3. The molecular formula is C21H23N3O7. The largest absolute Gasteiger partial charge is 0.493 e. The molecule has 10 heteroatoms. The quantitative estimate of drug-likeness (QED) is 0.526. The highest BCUT2D eigenvalue weighted by atomic mass is 16.5. The summed E-state index contributed by atoms with van der Waals surface area (Å²) in [5.74, 6) is 0.662. The van der Waals surface area contributed by atoms with Gasteiger partial charge in [0.25, 0.3) is 5.56 Å². The van der Waals surface area contributed by atoms with Crippen molar-refractivity contribution in [3.8, 4) is 23.0 Å². The third kappa shape index (κ3) is 4.63. The first kappa shape index (κ1) is 21.8. The van der Waals surface area contributed by atoms with Crippen LogP contribution in [0.2, 0.25) is 0 Å². The van der Waals surface area contributed by atoms with Crippen molar-refractivity contribution < 1.29 is 28.8 Å². The Kier molecular flexibility index (Phi) is 6.49. The molecule has 3 rings (SSSR count). The number of rotatable bonds is 9. The number of hydrogen-bond acceptors (Lipinski definition) is 8. The van der Waals surface area contributed by atoms with E-state index in [0.29, 0.717) is 35.3 Å². The Labute approximate surface area is 177 Å². The molecule has 0 radical (unpaired) electrons. The molecule has 2 aromatic carbocycles. The molecule has 0 amide bonds. The number of carbonyl (C=O) groups is 1. The lowest BCUT2D eigenvalue weighted by molar-refractivity contribution is -0.139. The summed E-state index contributed by atoms with van der Waals surface area (Å²) in [6.07, 6.45) is 0. The molecule has 1 aromatic heterocycles. The predicted octanol–water partition coefficient (Wildman–Crippen LogP) is 2.05. The van der Waals surface area contributed by atoms with E-state index in [4.69, 9.17) is 24.1 Å². The van der Waals surface area contributed by atoms with Crippen LogP contribution in [0.15, 0.2) is 35.1 Å². The minimum Gasteiger partial charge on any atom is -0.493 e. The van der Waals surface area contributed by atoms with E-state index >= 15 is 0 Å². The lowest BCUT2D eigenvalue weighted by Gasteiger charge is -2.19. The second-order valence-corrected chi connectivity index (χ2v) is 6.61. The smallest absolute Gasteiger partial charge is 0.341 e. The fraction of sp³-hybridized carbons (Fsp3) is 0.286. The number of hydrogen-bond donors (Lipinski definition) is 2. The summed E-state index contributed by atoms with van der Waals surface area (Å²) in [7, 11) is 6.16. The van der Waals surface area contributed by atoms with Crippen LogP contribution in [0.3, 0.4) is 0 Å². The van der Waals surface area contributed by atoms with Gasteiger partial charge in [0, 0.05) is 19.7 Å². The monoisotopic (exact) mass is 429 g/mol. The zero-order chi connectivity index (χ0) is 22.5. The van der Waals surface area contributed by atoms with Gasteiger partial charge in [-0.1, -0.05) is 12.1 Å². The standard InChI is InChI=1S/C21H23N3O7/c1-24(10-12-6-5-7-13(8-12)31-11-16(25)26)21-22-14-9-15(28-2)18(29-3)19(30-4)17(14)20(27)23-21/h5-9H,10-11H2,1-4H3,(H,25,26)(H,22,23,27). The highest BCUT2D eigenvalue weighted by Crippen LogP contribution is 2.41. The summed E-state index contributed by atoms with van der Waals surface area (Å²) in [5, 5.41) is 9.01. The zero-order valence-electron chi connectivity index (χ0n) is 17.6. The highest BCUT2D eigenvalue weighted by Gasteiger charge is 2.20. The van der Waals surface area contributed by atoms with E-state index in [-0.39, 0.29) is 16.7 Å². The van der Waals surface area contributed by atoms with Crippen molar-refractivity contribution in [1.82, 2.24) is 9.97 Å². The molecular weight excluding hydrogens is 406 g/mol. The van der Waals surface area contributed by atoms with Crippen molar-refractivity contribution in [3.63, 3.8) is 0 Å². The summed E-state index contributed by atoms with van der Waals surface area (Å²) >= 11 is 0. The fourth-order valence-corrected chi connectivity index (χ4v) is 3.17. The number of carboxylic acid groups (broad SMARTS) is 1. The third-order valence-electron chi connectivity index (χ3n) is 4.53. The molecule has 0 saturated carbocycles. The van der Waals surface area contributed by atoms with Gasteiger partial charge in [-0.3, -0.25) is 9.78 Å². The third-order valence-corrected chi connectivity index (χ3v) is 4.53. The molecule has 0 aliphatic carbocycles.